The van der Waals surface area contributed by atoms with Gasteiger partial charge < -0.3 is 5.11 Å². The molecule has 1 unspecified atom stereocenters. The lowest BCUT2D eigenvalue weighted by molar-refractivity contribution is -0.140. The molecule has 19 heavy (non-hydrogen) atoms. The third-order valence-electron chi connectivity index (χ3n) is 3.66. The second-order valence-electron chi connectivity index (χ2n) is 4.87. The van der Waals surface area contributed by atoms with Gasteiger partial charge in [0.1, 0.15) is 0 Å². The van der Waals surface area contributed by atoms with Gasteiger partial charge in [-0.05, 0) is 38.3 Å². The molecule has 0 saturated heterocycles. The molecule has 102 valence electrons. The van der Waals surface area contributed by atoms with Gasteiger partial charge in [0.15, 0.2) is 14.6 Å². The summed E-state index contributed by atoms with van der Waals surface area (Å²) in [5.41, 5.74) is 1.04. The van der Waals surface area contributed by atoms with E-state index in [-0.39, 0.29) is 17.7 Å². The van der Waals surface area contributed by atoms with Crippen molar-refractivity contribution >= 4 is 15.8 Å². The molecule has 0 aliphatic heterocycles. The van der Waals surface area contributed by atoms with Crippen LogP contribution in [0.2, 0.25) is 0 Å². The van der Waals surface area contributed by atoms with Gasteiger partial charge in [0, 0.05) is 0 Å². The first-order chi connectivity index (χ1) is 8.90. The Balaban J connectivity index is 2.55. The van der Waals surface area contributed by atoms with E-state index in [1.807, 2.05) is 6.92 Å². The topological polar surface area (TPSA) is 71.4 Å². The predicted octanol–water partition coefficient (Wildman–Crippen LogP) is 2.41. The minimum atomic E-state index is -3.89. The van der Waals surface area contributed by atoms with Crippen molar-refractivity contribution in [3.05, 3.63) is 42.0 Å². The Morgan fingerprint density at radius 3 is 2.37 bits per heavy atom. The third kappa shape index (κ3) is 2.18. The van der Waals surface area contributed by atoms with E-state index in [0.717, 1.165) is 5.57 Å². The standard InChI is InChI=1S/C14H16O4S/c1-11-7-9-14(10-8-11,13(15)16)19(17,18)12-5-3-2-4-6-12/h2-7H,8-10H2,1H3,(H,15,16). The minimum Gasteiger partial charge on any atom is -0.480 e. The molecule has 1 N–H and O–H groups in total. The van der Waals surface area contributed by atoms with Crippen LogP contribution in [0.4, 0.5) is 0 Å². The number of carboxylic acid groups (broad SMARTS) is 1. The molecular formula is C14H16O4S. The van der Waals surface area contributed by atoms with E-state index in [1.54, 1.807) is 24.3 Å². The van der Waals surface area contributed by atoms with Crippen LogP contribution in [0.15, 0.2) is 46.9 Å². The van der Waals surface area contributed by atoms with Crippen molar-refractivity contribution in [2.24, 2.45) is 0 Å². The smallest absolute Gasteiger partial charge is 0.325 e. The van der Waals surface area contributed by atoms with Gasteiger partial charge in [-0.1, -0.05) is 29.8 Å². The Kier molecular flexibility index (Phi) is 3.49. The van der Waals surface area contributed by atoms with E-state index >= 15 is 0 Å². The van der Waals surface area contributed by atoms with Crippen molar-refractivity contribution < 1.29 is 18.3 Å². The Labute approximate surface area is 112 Å². The van der Waals surface area contributed by atoms with Gasteiger partial charge in [-0.25, -0.2) is 8.42 Å². The molecule has 1 aromatic carbocycles. The maximum atomic E-state index is 12.6. The van der Waals surface area contributed by atoms with Gasteiger partial charge >= 0.3 is 5.97 Å². The normalized spacial score (nSPS) is 23.7. The molecule has 0 radical (unpaired) electrons. The van der Waals surface area contributed by atoms with Crippen LogP contribution in [-0.2, 0) is 14.6 Å². The number of allylic oxidation sites excluding steroid dienone is 2. The van der Waals surface area contributed by atoms with Crippen LogP contribution in [0.1, 0.15) is 26.2 Å². The Bertz CT molecular complexity index is 616. The van der Waals surface area contributed by atoms with Crippen LogP contribution in [0.25, 0.3) is 0 Å². The summed E-state index contributed by atoms with van der Waals surface area (Å²) in [6.45, 7) is 1.89. The lowest BCUT2D eigenvalue weighted by Gasteiger charge is -2.31. The highest BCUT2D eigenvalue weighted by atomic mass is 32.2. The van der Waals surface area contributed by atoms with E-state index in [9.17, 15) is 18.3 Å². The summed E-state index contributed by atoms with van der Waals surface area (Å²) in [5.74, 6) is -1.26. The summed E-state index contributed by atoms with van der Waals surface area (Å²) in [6, 6.07) is 7.81. The zero-order valence-electron chi connectivity index (χ0n) is 10.7. The van der Waals surface area contributed by atoms with Crippen molar-refractivity contribution in [2.45, 2.75) is 35.8 Å². The van der Waals surface area contributed by atoms with E-state index in [4.69, 9.17) is 0 Å². The SMILES string of the molecule is CC1=CCC(C(=O)O)(S(=O)(=O)c2ccccc2)CC1. The molecular weight excluding hydrogens is 264 g/mol. The fourth-order valence-electron chi connectivity index (χ4n) is 2.32. The number of aliphatic carboxylic acids is 1. The van der Waals surface area contributed by atoms with Gasteiger partial charge in [-0.15, -0.1) is 0 Å². The van der Waals surface area contributed by atoms with Crippen LogP contribution in [0, 0.1) is 0 Å². The molecule has 2 rings (SSSR count). The first kappa shape index (κ1) is 13.8. The lowest BCUT2D eigenvalue weighted by atomic mass is 9.89. The molecule has 0 spiro atoms. The number of rotatable bonds is 3. The molecule has 5 heteroatoms. The average Bonchev–Trinajstić information content (AvgIpc) is 2.40. The van der Waals surface area contributed by atoms with Gasteiger partial charge in [-0.3, -0.25) is 4.79 Å². The highest BCUT2D eigenvalue weighted by molar-refractivity contribution is 7.93. The Hall–Kier alpha value is -1.62. The number of carboxylic acids is 1. The van der Waals surface area contributed by atoms with Gasteiger partial charge in [0.25, 0.3) is 0 Å². The summed E-state index contributed by atoms with van der Waals surface area (Å²) in [7, 11) is -3.89. The van der Waals surface area contributed by atoms with Crippen LogP contribution in [-0.4, -0.2) is 24.2 Å². The molecule has 0 bridgehead atoms. The number of hydrogen-bond acceptors (Lipinski definition) is 3. The van der Waals surface area contributed by atoms with Gasteiger partial charge in [0.05, 0.1) is 4.90 Å². The highest BCUT2D eigenvalue weighted by Gasteiger charge is 2.51. The molecule has 0 amide bonds. The van der Waals surface area contributed by atoms with Gasteiger partial charge in [-0.2, -0.15) is 0 Å². The number of carbonyl (C=O) groups is 1. The maximum absolute atomic E-state index is 12.6. The molecule has 0 aromatic heterocycles. The average molecular weight is 280 g/mol. The van der Waals surface area contributed by atoms with Crippen LogP contribution in [0.3, 0.4) is 0 Å². The van der Waals surface area contributed by atoms with E-state index < -0.39 is 20.6 Å². The zero-order chi connectivity index (χ0) is 14.1. The fourth-order valence-corrected chi connectivity index (χ4v) is 4.19. The second-order valence-corrected chi connectivity index (χ2v) is 7.13. The molecule has 4 nitrogen and oxygen atoms in total. The monoisotopic (exact) mass is 280 g/mol. The minimum absolute atomic E-state index is 0.0331. The molecule has 0 heterocycles. The molecule has 1 atom stereocenters. The van der Waals surface area contributed by atoms with Crippen molar-refractivity contribution in [1.29, 1.82) is 0 Å². The molecule has 1 aromatic rings. The van der Waals surface area contributed by atoms with E-state index in [0.29, 0.717) is 6.42 Å². The van der Waals surface area contributed by atoms with Crippen LogP contribution >= 0.6 is 0 Å². The first-order valence-electron chi connectivity index (χ1n) is 6.09. The zero-order valence-corrected chi connectivity index (χ0v) is 11.5. The fraction of sp³-hybridized carbons (Fsp3) is 0.357. The number of benzene rings is 1. The summed E-state index contributed by atoms with van der Waals surface area (Å²) >= 11 is 0. The van der Waals surface area contributed by atoms with Gasteiger partial charge in [0.2, 0.25) is 0 Å². The Morgan fingerprint density at radius 2 is 1.89 bits per heavy atom. The van der Waals surface area contributed by atoms with E-state index in [1.165, 1.54) is 12.1 Å². The van der Waals surface area contributed by atoms with E-state index in [2.05, 4.69) is 0 Å². The van der Waals surface area contributed by atoms with Crippen LogP contribution in [0.5, 0.6) is 0 Å². The van der Waals surface area contributed by atoms with Crippen LogP contribution < -0.4 is 0 Å². The lowest BCUT2D eigenvalue weighted by Crippen LogP contribution is -2.47. The second kappa shape index (κ2) is 4.81. The number of hydrogen-bond donors (Lipinski definition) is 1. The first-order valence-corrected chi connectivity index (χ1v) is 7.57. The highest BCUT2D eigenvalue weighted by Crippen LogP contribution is 2.38. The summed E-state index contributed by atoms with van der Waals surface area (Å²) < 4.78 is 23.6. The molecule has 0 fully saturated rings. The summed E-state index contributed by atoms with van der Waals surface area (Å²) in [5, 5.41) is 9.46. The molecule has 1 aliphatic carbocycles. The number of sulfone groups is 1. The Morgan fingerprint density at radius 1 is 1.26 bits per heavy atom. The van der Waals surface area contributed by atoms with Crippen molar-refractivity contribution in [3.8, 4) is 0 Å². The van der Waals surface area contributed by atoms with Crippen molar-refractivity contribution in [3.63, 3.8) is 0 Å². The van der Waals surface area contributed by atoms with Crippen molar-refractivity contribution in [2.75, 3.05) is 0 Å². The molecule has 0 saturated carbocycles. The largest absolute Gasteiger partial charge is 0.480 e. The quantitative estimate of drug-likeness (QED) is 0.863. The van der Waals surface area contributed by atoms with Crippen molar-refractivity contribution in [1.82, 2.24) is 0 Å². The predicted molar refractivity (Wildman–Crippen MR) is 71.6 cm³/mol. The third-order valence-corrected chi connectivity index (χ3v) is 6.13. The summed E-state index contributed by atoms with van der Waals surface area (Å²) in [4.78, 5) is 11.7. The maximum Gasteiger partial charge on any atom is 0.325 e. The molecule has 1 aliphatic rings. The summed E-state index contributed by atoms with van der Waals surface area (Å²) in [6.07, 6.45) is 2.38.